The number of nitrogens with one attached hydrogen (secondary N) is 2. The Morgan fingerprint density at radius 3 is 2.64 bits per heavy atom. The average molecular weight is 459 g/mol. The lowest BCUT2D eigenvalue weighted by atomic mass is 9.72. The Morgan fingerprint density at radius 1 is 1.42 bits per heavy atom. The molecule has 1 aromatic rings. The van der Waals surface area contributed by atoms with Gasteiger partial charge in [0.15, 0.2) is 11.6 Å². The second-order valence-electron chi connectivity index (χ2n) is 11.2. The number of carbonyl (C=O) groups excluding carboxylic acids is 1. The van der Waals surface area contributed by atoms with Gasteiger partial charge >= 0.3 is 0 Å². The summed E-state index contributed by atoms with van der Waals surface area (Å²) in [6, 6.07) is 1.86. The Kier molecular flexibility index (Phi) is 7.74. The van der Waals surface area contributed by atoms with Crippen molar-refractivity contribution in [3.8, 4) is 5.75 Å². The topological polar surface area (TPSA) is 86.7 Å². The van der Waals surface area contributed by atoms with Crippen LogP contribution >= 0.6 is 0 Å². The van der Waals surface area contributed by atoms with Gasteiger partial charge in [-0.1, -0.05) is 26.8 Å². The largest absolute Gasteiger partial charge is 0.483 e. The molecule has 1 fully saturated rings. The number of carbonyl (C=O) groups is 1. The van der Waals surface area contributed by atoms with Gasteiger partial charge < -0.3 is 25.4 Å². The molecule has 3 N–H and O–H groups in total. The number of hydrogen-bond acceptors (Lipinski definition) is 6. The molecule has 184 valence electrons. The summed E-state index contributed by atoms with van der Waals surface area (Å²) in [7, 11) is 4.02. The lowest BCUT2D eigenvalue weighted by Crippen LogP contribution is -2.51. The maximum absolute atomic E-state index is 11.6. The third-order valence-electron chi connectivity index (χ3n) is 6.55. The predicted octanol–water partition coefficient (Wildman–Crippen LogP) is 3.51. The van der Waals surface area contributed by atoms with Crippen LogP contribution in [0.15, 0.2) is 18.7 Å². The molecule has 1 saturated carbocycles. The first kappa shape index (κ1) is 25.5. The van der Waals surface area contributed by atoms with E-state index in [1.165, 1.54) is 13.3 Å². The summed E-state index contributed by atoms with van der Waals surface area (Å²) in [5.41, 5.74) is 2.11. The fourth-order valence-electron chi connectivity index (χ4n) is 4.85. The number of aliphatic hydroxyl groups excluding tert-OH is 1. The predicted molar refractivity (Wildman–Crippen MR) is 133 cm³/mol. The van der Waals surface area contributed by atoms with E-state index in [-0.39, 0.29) is 29.0 Å². The Morgan fingerprint density at radius 2 is 2.12 bits per heavy atom. The fourth-order valence-corrected chi connectivity index (χ4v) is 4.85. The van der Waals surface area contributed by atoms with E-state index in [9.17, 15) is 9.90 Å². The number of fused-ring (bicyclic) bond motifs is 1. The molecule has 2 aliphatic rings. The number of amides is 1. The van der Waals surface area contributed by atoms with E-state index in [0.29, 0.717) is 13.0 Å². The van der Waals surface area contributed by atoms with Crippen LogP contribution in [0.4, 0.5) is 5.82 Å². The van der Waals surface area contributed by atoms with Gasteiger partial charge in [-0.25, -0.2) is 4.98 Å². The molecular weight excluding hydrogens is 416 g/mol. The number of nitrogens with zero attached hydrogens (tertiary/aromatic N) is 2. The minimum Gasteiger partial charge on any atom is -0.483 e. The second-order valence-corrected chi connectivity index (χ2v) is 11.2. The van der Waals surface area contributed by atoms with Crippen LogP contribution in [0, 0.1) is 5.41 Å². The molecule has 0 aromatic carbocycles. The molecule has 1 spiro atoms. The second kappa shape index (κ2) is 10.0. The summed E-state index contributed by atoms with van der Waals surface area (Å²) in [4.78, 5) is 18.6. The van der Waals surface area contributed by atoms with E-state index < -0.39 is 6.10 Å². The molecular formula is C26H42N4O3. The van der Waals surface area contributed by atoms with Crippen LogP contribution < -0.4 is 20.3 Å². The van der Waals surface area contributed by atoms with Crippen LogP contribution in [0.3, 0.4) is 0 Å². The first-order chi connectivity index (χ1) is 15.4. The number of aliphatic hydroxyl groups is 1. The Hall–Kier alpha value is -2.12. The van der Waals surface area contributed by atoms with Gasteiger partial charge in [0.1, 0.15) is 5.60 Å². The van der Waals surface area contributed by atoms with Crippen molar-refractivity contribution in [2.45, 2.75) is 90.0 Å². The van der Waals surface area contributed by atoms with Crippen molar-refractivity contribution in [3.05, 3.63) is 30.0 Å². The van der Waals surface area contributed by atoms with E-state index in [1.54, 1.807) is 6.08 Å². The van der Waals surface area contributed by atoms with Gasteiger partial charge in [-0.15, -0.1) is 6.58 Å². The zero-order valence-corrected chi connectivity index (χ0v) is 21.2. The molecule has 1 aromatic heterocycles. The van der Waals surface area contributed by atoms with Gasteiger partial charge in [0, 0.05) is 51.3 Å². The van der Waals surface area contributed by atoms with Gasteiger partial charge in [-0.2, -0.15) is 0 Å². The molecule has 0 saturated heterocycles. The number of rotatable bonds is 9. The summed E-state index contributed by atoms with van der Waals surface area (Å²) in [6.45, 7) is 12.3. The molecule has 1 aliphatic heterocycles. The molecule has 7 heteroatoms. The molecule has 0 bridgehead atoms. The number of aromatic nitrogens is 1. The average Bonchev–Trinajstić information content (AvgIpc) is 2.68. The maximum atomic E-state index is 11.6. The Bertz CT molecular complexity index is 858. The number of pyridine rings is 1. The zero-order chi connectivity index (χ0) is 24.4. The Balaban J connectivity index is 1.90. The normalized spacial score (nSPS) is 20.8. The van der Waals surface area contributed by atoms with Gasteiger partial charge in [-0.3, -0.25) is 4.79 Å². The van der Waals surface area contributed by atoms with Crippen molar-refractivity contribution in [2.75, 3.05) is 25.5 Å². The zero-order valence-electron chi connectivity index (χ0n) is 21.2. The lowest BCUT2D eigenvalue weighted by Gasteiger charge is -2.49. The van der Waals surface area contributed by atoms with Crippen LogP contribution in [0.25, 0.3) is 0 Å². The van der Waals surface area contributed by atoms with Crippen molar-refractivity contribution in [2.24, 2.45) is 5.41 Å². The summed E-state index contributed by atoms with van der Waals surface area (Å²) < 4.78 is 6.63. The minimum absolute atomic E-state index is 0.0471. The number of anilines is 1. The van der Waals surface area contributed by atoms with Crippen LogP contribution in [0.5, 0.6) is 5.75 Å². The van der Waals surface area contributed by atoms with E-state index in [2.05, 4.69) is 44.1 Å². The third-order valence-corrected chi connectivity index (χ3v) is 6.55. The van der Waals surface area contributed by atoms with Crippen LogP contribution in [-0.2, 0) is 11.2 Å². The van der Waals surface area contributed by atoms with E-state index in [0.717, 1.165) is 48.5 Å². The highest BCUT2D eigenvalue weighted by atomic mass is 16.5. The fraction of sp³-hybridized carbons (Fsp3) is 0.692. The van der Waals surface area contributed by atoms with E-state index >= 15 is 0 Å². The monoisotopic (exact) mass is 458 g/mol. The van der Waals surface area contributed by atoms with Crippen molar-refractivity contribution in [1.29, 1.82) is 0 Å². The number of hydrogen-bond donors (Lipinski definition) is 3. The highest BCUT2D eigenvalue weighted by molar-refractivity contribution is 5.73. The summed E-state index contributed by atoms with van der Waals surface area (Å²) in [6.07, 6.45) is 6.49. The third kappa shape index (κ3) is 6.27. The van der Waals surface area contributed by atoms with Crippen molar-refractivity contribution in [1.82, 2.24) is 15.6 Å². The number of ether oxygens (including phenoxy) is 1. The first-order valence-corrected chi connectivity index (χ1v) is 12.1. The molecule has 2 heterocycles. The molecule has 0 radical (unpaired) electrons. The smallest absolute Gasteiger partial charge is 0.217 e. The van der Waals surface area contributed by atoms with Gasteiger partial charge in [0.2, 0.25) is 5.91 Å². The molecule has 1 aliphatic carbocycles. The Labute approximate surface area is 199 Å². The first-order valence-electron chi connectivity index (χ1n) is 12.1. The van der Waals surface area contributed by atoms with Crippen LogP contribution in [-0.4, -0.2) is 54.4 Å². The molecule has 0 unspecified atom stereocenters. The lowest BCUT2D eigenvalue weighted by molar-refractivity contribution is -0.120. The highest BCUT2D eigenvalue weighted by Crippen LogP contribution is 2.51. The molecule has 33 heavy (non-hydrogen) atoms. The molecule has 1 amide bonds. The van der Waals surface area contributed by atoms with Crippen LogP contribution in [0.1, 0.15) is 77.1 Å². The molecule has 3 atom stereocenters. The van der Waals surface area contributed by atoms with Crippen molar-refractivity contribution < 1.29 is 14.6 Å². The van der Waals surface area contributed by atoms with E-state index in [1.807, 2.05) is 19.0 Å². The van der Waals surface area contributed by atoms with Crippen LogP contribution in [0.2, 0.25) is 0 Å². The quantitative estimate of drug-likeness (QED) is 0.491. The highest BCUT2D eigenvalue weighted by Gasteiger charge is 2.47. The maximum Gasteiger partial charge on any atom is 0.217 e. The van der Waals surface area contributed by atoms with Crippen molar-refractivity contribution in [3.63, 3.8) is 0 Å². The summed E-state index contributed by atoms with van der Waals surface area (Å²) in [5, 5.41) is 17.3. The van der Waals surface area contributed by atoms with Gasteiger partial charge in [0.25, 0.3) is 0 Å². The SMILES string of the molecule is C=CC[C@H](NC(C)=O)[C@H](O)CN[C@H]1CC2(CCC2)Oc2c1cc(CC(C)(C)C)nc2N(C)C. The standard InChI is InChI=1S/C26H42N4O3/c1-8-10-20(28-17(2)31)22(32)16-27-21-15-26(11-9-12-26)33-23-19(21)13-18(14-25(3,4)5)29-24(23)30(6)7/h8,13,20-22,27,32H,1,9-12,14-16H2,2-7H3,(H,28,31)/t20-,21-,22+/m0/s1. The molecule has 3 rings (SSSR count). The minimum atomic E-state index is -0.722. The molecule has 7 nitrogen and oxygen atoms in total. The van der Waals surface area contributed by atoms with Crippen molar-refractivity contribution >= 4 is 11.7 Å². The van der Waals surface area contributed by atoms with Gasteiger partial charge in [-0.05, 0) is 43.6 Å². The van der Waals surface area contributed by atoms with Gasteiger partial charge in [0.05, 0.1) is 12.1 Å². The van der Waals surface area contributed by atoms with E-state index in [4.69, 9.17) is 9.72 Å². The summed E-state index contributed by atoms with van der Waals surface area (Å²) in [5.74, 6) is 1.58. The summed E-state index contributed by atoms with van der Waals surface area (Å²) >= 11 is 0.